The highest BCUT2D eigenvalue weighted by Crippen LogP contribution is 2.31. The maximum Gasteiger partial charge on any atom is 0.282 e. The van der Waals surface area contributed by atoms with E-state index in [1.54, 1.807) is 0 Å². The lowest BCUT2D eigenvalue weighted by Gasteiger charge is -2.38. The van der Waals surface area contributed by atoms with E-state index < -0.39 is 10.2 Å². The average molecular weight is 416 g/mol. The van der Waals surface area contributed by atoms with Gasteiger partial charge in [0.05, 0.1) is 6.54 Å². The van der Waals surface area contributed by atoms with Crippen molar-refractivity contribution in [1.82, 2.24) is 23.3 Å². The lowest BCUT2D eigenvalue weighted by molar-refractivity contribution is -0.141. The zero-order valence-electron chi connectivity index (χ0n) is 17.0. The summed E-state index contributed by atoms with van der Waals surface area (Å²) in [6.07, 6.45) is 2.02. The molecule has 10 heteroatoms. The molecule has 0 unspecified atom stereocenters. The molecule has 0 aromatic carbocycles. The molecular weight excluding hydrogens is 382 g/mol. The minimum atomic E-state index is -3.41. The fraction of sp³-hybridized carbons (Fsp3) is 0.889. The van der Waals surface area contributed by atoms with E-state index >= 15 is 0 Å². The van der Waals surface area contributed by atoms with Crippen molar-refractivity contribution < 1.29 is 18.0 Å². The normalized spacial score (nSPS) is 22.7. The van der Waals surface area contributed by atoms with Crippen LogP contribution in [0.15, 0.2) is 0 Å². The van der Waals surface area contributed by atoms with Crippen molar-refractivity contribution in [2.45, 2.75) is 26.7 Å². The molecule has 0 N–H and O–H groups in total. The Balaban J connectivity index is 1.42. The topological polar surface area (TPSA) is 84.5 Å². The molecule has 1 aliphatic carbocycles. The lowest BCUT2D eigenvalue weighted by atomic mass is 10.2. The van der Waals surface area contributed by atoms with Gasteiger partial charge in [-0.1, -0.05) is 13.8 Å². The fourth-order valence-corrected chi connectivity index (χ4v) is 5.49. The van der Waals surface area contributed by atoms with Crippen molar-refractivity contribution >= 4 is 22.0 Å². The van der Waals surface area contributed by atoms with Crippen LogP contribution >= 0.6 is 0 Å². The van der Waals surface area contributed by atoms with Crippen LogP contribution < -0.4 is 0 Å². The summed E-state index contributed by atoms with van der Waals surface area (Å²) in [4.78, 5) is 30.5. The molecule has 1 saturated carbocycles. The highest BCUT2D eigenvalue weighted by Gasteiger charge is 2.36. The maximum atomic E-state index is 12.6. The van der Waals surface area contributed by atoms with Crippen molar-refractivity contribution in [2.75, 3.05) is 72.0 Å². The van der Waals surface area contributed by atoms with E-state index in [-0.39, 0.29) is 17.7 Å². The number of hydrogen-bond donors (Lipinski definition) is 0. The van der Waals surface area contributed by atoms with Crippen LogP contribution in [0.2, 0.25) is 0 Å². The predicted octanol–water partition coefficient (Wildman–Crippen LogP) is -0.729. The SMILES string of the molecule is CCN(CC)S(=O)(=O)N1CCN(CC(=O)N2CCN(C(=O)C3CC3)CC2)CC1. The van der Waals surface area contributed by atoms with Crippen LogP contribution in [0.1, 0.15) is 26.7 Å². The van der Waals surface area contributed by atoms with Gasteiger partial charge in [-0.05, 0) is 12.8 Å². The molecule has 0 atom stereocenters. The summed E-state index contributed by atoms with van der Waals surface area (Å²) in [7, 11) is -3.41. The number of amides is 2. The van der Waals surface area contributed by atoms with E-state index in [9.17, 15) is 18.0 Å². The summed E-state index contributed by atoms with van der Waals surface area (Å²) in [5, 5.41) is 0. The average Bonchev–Trinajstić information content (AvgIpc) is 3.54. The van der Waals surface area contributed by atoms with Gasteiger partial charge in [0.1, 0.15) is 0 Å². The summed E-state index contributed by atoms with van der Waals surface area (Å²) in [6, 6.07) is 0. The molecule has 160 valence electrons. The van der Waals surface area contributed by atoms with Crippen molar-refractivity contribution in [2.24, 2.45) is 5.92 Å². The Labute approximate surface area is 168 Å². The third kappa shape index (κ3) is 4.84. The summed E-state index contributed by atoms with van der Waals surface area (Å²) < 4.78 is 28.2. The van der Waals surface area contributed by atoms with Crippen molar-refractivity contribution in [3.05, 3.63) is 0 Å². The second-order valence-corrected chi connectivity index (χ2v) is 9.68. The lowest BCUT2D eigenvalue weighted by Crippen LogP contribution is -2.56. The zero-order chi connectivity index (χ0) is 20.3. The molecule has 0 spiro atoms. The van der Waals surface area contributed by atoms with Gasteiger partial charge in [0.2, 0.25) is 11.8 Å². The van der Waals surface area contributed by atoms with E-state index in [1.165, 1.54) is 8.61 Å². The van der Waals surface area contributed by atoms with E-state index in [2.05, 4.69) is 0 Å². The number of carbonyl (C=O) groups is 2. The second-order valence-electron chi connectivity index (χ2n) is 7.75. The third-order valence-corrected chi connectivity index (χ3v) is 8.11. The van der Waals surface area contributed by atoms with Crippen molar-refractivity contribution in [3.63, 3.8) is 0 Å². The first kappa shape index (κ1) is 21.5. The molecular formula is C18H33N5O4S. The Kier molecular flexibility index (Phi) is 6.95. The number of carbonyl (C=O) groups excluding carboxylic acids is 2. The summed E-state index contributed by atoms with van der Waals surface area (Å²) in [5.41, 5.74) is 0. The first-order chi connectivity index (χ1) is 13.4. The van der Waals surface area contributed by atoms with Gasteiger partial charge in [0.25, 0.3) is 10.2 Å². The third-order valence-electron chi connectivity index (χ3n) is 5.92. The van der Waals surface area contributed by atoms with Crippen LogP contribution in [-0.4, -0.2) is 116 Å². The monoisotopic (exact) mass is 415 g/mol. The van der Waals surface area contributed by atoms with Gasteiger partial charge in [-0.2, -0.15) is 17.0 Å². The Morgan fingerprint density at radius 2 is 1.39 bits per heavy atom. The van der Waals surface area contributed by atoms with Crippen LogP contribution in [0.4, 0.5) is 0 Å². The number of nitrogens with zero attached hydrogens (tertiary/aromatic N) is 5. The number of rotatable bonds is 7. The molecule has 9 nitrogen and oxygen atoms in total. The maximum absolute atomic E-state index is 12.6. The van der Waals surface area contributed by atoms with E-state index in [0.29, 0.717) is 72.0 Å². The molecule has 0 aromatic heterocycles. The molecule has 2 aliphatic heterocycles. The van der Waals surface area contributed by atoms with Gasteiger partial charge in [-0.25, -0.2) is 0 Å². The smallest absolute Gasteiger partial charge is 0.282 e. The summed E-state index contributed by atoms with van der Waals surface area (Å²) in [5.74, 6) is 0.544. The van der Waals surface area contributed by atoms with E-state index in [4.69, 9.17) is 0 Å². The van der Waals surface area contributed by atoms with Crippen molar-refractivity contribution in [1.29, 1.82) is 0 Å². The standard InChI is InChI=1S/C18H33N5O4S/c1-3-22(4-2)28(26,27)23-13-7-19(8-14-23)15-17(24)20-9-11-21(12-10-20)18(25)16-5-6-16/h16H,3-15H2,1-2H3. The first-order valence-electron chi connectivity index (χ1n) is 10.4. The molecule has 3 aliphatic rings. The fourth-order valence-electron chi connectivity index (χ4n) is 3.89. The Bertz CT molecular complexity index is 661. The minimum Gasteiger partial charge on any atom is -0.339 e. The minimum absolute atomic E-state index is 0.0681. The number of piperazine rings is 2. The van der Waals surface area contributed by atoms with Crippen molar-refractivity contribution in [3.8, 4) is 0 Å². The molecule has 28 heavy (non-hydrogen) atoms. The van der Waals surface area contributed by atoms with E-state index in [0.717, 1.165) is 12.8 Å². The van der Waals surface area contributed by atoms with Gasteiger partial charge < -0.3 is 9.80 Å². The largest absolute Gasteiger partial charge is 0.339 e. The van der Waals surface area contributed by atoms with Gasteiger partial charge in [-0.3, -0.25) is 14.5 Å². The van der Waals surface area contributed by atoms with Gasteiger partial charge in [-0.15, -0.1) is 0 Å². The van der Waals surface area contributed by atoms with E-state index in [1.807, 2.05) is 28.5 Å². The van der Waals surface area contributed by atoms with Crippen LogP contribution in [0.5, 0.6) is 0 Å². The molecule has 2 amide bonds. The molecule has 3 rings (SSSR count). The first-order valence-corrected chi connectivity index (χ1v) is 11.8. The highest BCUT2D eigenvalue weighted by molar-refractivity contribution is 7.86. The Hall–Kier alpha value is -1.23. The quantitative estimate of drug-likeness (QED) is 0.548. The Morgan fingerprint density at radius 1 is 0.857 bits per heavy atom. The van der Waals surface area contributed by atoms with Crippen LogP contribution in [0, 0.1) is 5.92 Å². The Morgan fingerprint density at radius 3 is 1.89 bits per heavy atom. The van der Waals surface area contributed by atoms with Gasteiger partial charge in [0, 0.05) is 71.4 Å². The molecule has 0 radical (unpaired) electrons. The molecule has 0 bridgehead atoms. The number of hydrogen-bond acceptors (Lipinski definition) is 5. The predicted molar refractivity (Wildman–Crippen MR) is 106 cm³/mol. The van der Waals surface area contributed by atoms with Crippen LogP contribution in [0.25, 0.3) is 0 Å². The van der Waals surface area contributed by atoms with Gasteiger partial charge >= 0.3 is 0 Å². The summed E-state index contributed by atoms with van der Waals surface area (Å²) >= 11 is 0. The highest BCUT2D eigenvalue weighted by atomic mass is 32.2. The van der Waals surface area contributed by atoms with Gasteiger partial charge in [0.15, 0.2) is 0 Å². The van der Waals surface area contributed by atoms with Crippen LogP contribution in [0.3, 0.4) is 0 Å². The summed E-state index contributed by atoms with van der Waals surface area (Å²) in [6.45, 7) is 9.30. The molecule has 0 aromatic rings. The zero-order valence-corrected chi connectivity index (χ0v) is 17.9. The second kappa shape index (κ2) is 9.06. The van der Waals surface area contributed by atoms with Crippen LogP contribution in [-0.2, 0) is 19.8 Å². The molecule has 2 heterocycles. The molecule has 3 fully saturated rings. The molecule has 2 saturated heterocycles.